The number of aryl methyl sites for hydroxylation is 1. The Morgan fingerprint density at radius 2 is 1.93 bits per heavy atom. The second-order valence-corrected chi connectivity index (χ2v) is 10.8. The van der Waals surface area contributed by atoms with Gasteiger partial charge in [0, 0.05) is 18.6 Å². The highest BCUT2D eigenvalue weighted by atomic mass is 32.2. The number of aliphatic carboxylic acids is 1. The molecule has 1 heterocycles. The molecule has 0 radical (unpaired) electrons. The van der Waals surface area contributed by atoms with Gasteiger partial charge in [0.05, 0.1) is 19.8 Å². The summed E-state index contributed by atoms with van der Waals surface area (Å²) in [5, 5.41) is 12.4. The summed E-state index contributed by atoms with van der Waals surface area (Å²) < 4.78 is 17.9. The number of benzene rings is 3. The molecule has 0 aliphatic carbocycles. The molecule has 7 nitrogen and oxygen atoms in total. The third kappa shape index (κ3) is 7.44. The van der Waals surface area contributed by atoms with E-state index in [1.807, 2.05) is 62.6 Å². The molecule has 1 amide bonds. The molecule has 3 aromatic carbocycles. The molecule has 3 aromatic rings. The molecular formula is C32H37NO6S. The Labute approximate surface area is 240 Å². The molecule has 0 saturated carbocycles. The number of hydrogen-bond acceptors (Lipinski definition) is 6. The molecule has 2 unspecified atom stereocenters. The molecule has 8 heteroatoms. The minimum Gasteiger partial charge on any atom is -0.493 e. The maximum Gasteiger partial charge on any atom is 0.326 e. The van der Waals surface area contributed by atoms with Crippen LogP contribution in [0, 0.1) is 6.92 Å². The van der Waals surface area contributed by atoms with Gasteiger partial charge in [0.15, 0.2) is 0 Å². The van der Waals surface area contributed by atoms with E-state index in [0.717, 1.165) is 40.0 Å². The summed E-state index contributed by atoms with van der Waals surface area (Å²) in [5.74, 6) is 0.0861. The average molecular weight is 564 g/mol. The molecule has 0 fully saturated rings. The van der Waals surface area contributed by atoms with Gasteiger partial charge in [0.2, 0.25) is 0 Å². The lowest BCUT2D eigenvalue weighted by Gasteiger charge is -2.20. The van der Waals surface area contributed by atoms with Crippen LogP contribution in [-0.2, 0) is 27.3 Å². The Morgan fingerprint density at radius 1 is 1.10 bits per heavy atom. The van der Waals surface area contributed by atoms with Crippen molar-refractivity contribution in [2.45, 2.75) is 45.4 Å². The zero-order valence-electron chi connectivity index (χ0n) is 23.3. The van der Waals surface area contributed by atoms with Gasteiger partial charge in [0.1, 0.15) is 17.9 Å². The van der Waals surface area contributed by atoms with Gasteiger partial charge in [0.25, 0.3) is 5.91 Å². The van der Waals surface area contributed by atoms with E-state index >= 15 is 0 Å². The third-order valence-corrected chi connectivity index (χ3v) is 7.64. The van der Waals surface area contributed by atoms with Crippen molar-refractivity contribution in [3.8, 4) is 16.9 Å². The van der Waals surface area contributed by atoms with Crippen molar-refractivity contribution < 1.29 is 28.9 Å². The van der Waals surface area contributed by atoms with Crippen LogP contribution in [0.15, 0.2) is 60.7 Å². The number of fused-ring (bicyclic) bond motifs is 1. The number of nitrogens with one attached hydrogen (secondary N) is 1. The molecular weight excluding hydrogens is 526 g/mol. The first kappa shape index (κ1) is 29.6. The Hall–Kier alpha value is -3.33. The van der Waals surface area contributed by atoms with Gasteiger partial charge in [-0.25, -0.2) is 4.79 Å². The second-order valence-electron chi connectivity index (χ2n) is 9.77. The van der Waals surface area contributed by atoms with Crippen LogP contribution in [0.4, 0.5) is 0 Å². The summed E-state index contributed by atoms with van der Waals surface area (Å²) in [4.78, 5) is 25.1. The van der Waals surface area contributed by atoms with Crippen LogP contribution < -0.4 is 10.1 Å². The molecule has 1 aliphatic rings. The van der Waals surface area contributed by atoms with Gasteiger partial charge in [-0.05, 0) is 83.9 Å². The van der Waals surface area contributed by atoms with E-state index in [-0.39, 0.29) is 6.10 Å². The van der Waals surface area contributed by atoms with Gasteiger partial charge in [-0.2, -0.15) is 11.8 Å². The molecule has 0 spiro atoms. The first-order valence-electron chi connectivity index (χ1n) is 13.6. The number of thioether (sulfide) groups is 1. The van der Waals surface area contributed by atoms with E-state index in [2.05, 4.69) is 17.4 Å². The smallest absolute Gasteiger partial charge is 0.326 e. The summed E-state index contributed by atoms with van der Waals surface area (Å²) in [5.41, 5.74) is 6.17. The van der Waals surface area contributed by atoms with Gasteiger partial charge in [-0.15, -0.1) is 0 Å². The van der Waals surface area contributed by atoms with Crippen LogP contribution in [0.1, 0.15) is 52.1 Å². The predicted molar refractivity (Wildman–Crippen MR) is 158 cm³/mol. The average Bonchev–Trinajstić information content (AvgIpc) is 3.43. The van der Waals surface area contributed by atoms with Gasteiger partial charge < -0.3 is 24.6 Å². The summed E-state index contributed by atoms with van der Waals surface area (Å²) in [6.07, 6.45) is 2.89. The van der Waals surface area contributed by atoms with Crippen molar-refractivity contribution in [1.82, 2.24) is 5.32 Å². The molecule has 2 atom stereocenters. The summed E-state index contributed by atoms with van der Waals surface area (Å²) in [6.45, 7) is 5.94. The largest absolute Gasteiger partial charge is 0.493 e. The minimum atomic E-state index is -1.04. The molecule has 0 aromatic heterocycles. The van der Waals surface area contributed by atoms with Crippen LogP contribution in [0.25, 0.3) is 11.1 Å². The first-order chi connectivity index (χ1) is 19.4. The fraction of sp³-hybridized carbons (Fsp3) is 0.375. The van der Waals surface area contributed by atoms with Gasteiger partial charge in [-0.3, -0.25) is 4.79 Å². The van der Waals surface area contributed by atoms with E-state index in [1.165, 1.54) is 5.56 Å². The fourth-order valence-electron chi connectivity index (χ4n) is 4.75. The lowest BCUT2D eigenvalue weighted by molar-refractivity contribution is -0.139. The van der Waals surface area contributed by atoms with Crippen molar-refractivity contribution in [3.63, 3.8) is 0 Å². The standard InChI is InChI=1S/C32H37NO6S/c1-4-37-20-30(24-11-10-23-13-15-38-29(23)18-24)39-19-22-9-12-26(27(17-22)25-8-6-5-7-21(25)2)31(34)33-28(32(35)36)14-16-40-3/h5-12,17-18,28,30H,4,13-16,19-20H2,1-3H3,(H,33,34)(H,35,36). The Balaban J connectivity index is 1.60. The van der Waals surface area contributed by atoms with Crippen LogP contribution in [0.3, 0.4) is 0 Å². The monoisotopic (exact) mass is 563 g/mol. The Kier molecular flexibility index (Phi) is 10.6. The SMILES string of the molecule is CCOCC(OCc1ccc(C(=O)NC(CCSC)C(=O)O)c(-c2ccccc2C)c1)c1ccc2c(c1)OCC2. The van der Waals surface area contributed by atoms with Crippen molar-refractivity contribution in [2.75, 3.05) is 31.8 Å². The highest BCUT2D eigenvalue weighted by Crippen LogP contribution is 2.32. The number of carbonyl (C=O) groups is 2. The summed E-state index contributed by atoms with van der Waals surface area (Å²) >= 11 is 1.55. The summed E-state index contributed by atoms with van der Waals surface area (Å²) in [6, 6.07) is 18.7. The maximum atomic E-state index is 13.4. The molecule has 1 aliphatic heterocycles. The van der Waals surface area contributed by atoms with Crippen LogP contribution in [-0.4, -0.2) is 54.9 Å². The maximum absolute atomic E-state index is 13.4. The molecule has 2 N–H and O–H groups in total. The Morgan fingerprint density at radius 3 is 2.67 bits per heavy atom. The summed E-state index contributed by atoms with van der Waals surface area (Å²) in [7, 11) is 0. The Bertz CT molecular complexity index is 1330. The number of carboxylic acids is 1. The number of carboxylic acid groups (broad SMARTS) is 1. The molecule has 0 bridgehead atoms. The van der Waals surface area contributed by atoms with Crippen molar-refractivity contribution in [2.24, 2.45) is 0 Å². The minimum absolute atomic E-state index is 0.285. The molecule has 4 rings (SSSR count). The number of ether oxygens (including phenoxy) is 3. The second kappa shape index (κ2) is 14.3. The highest BCUT2D eigenvalue weighted by molar-refractivity contribution is 7.98. The first-order valence-corrected chi connectivity index (χ1v) is 15.0. The van der Waals surface area contributed by atoms with Crippen molar-refractivity contribution >= 4 is 23.6 Å². The predicted octanol–water partition coefficient (Wildman–Crippen LogP) is 5.83. The number of carbonyl (C=O) groups excluding carboxylic acids is 1. The topological polar surface area (TPSA) is 94.1 Å². The third-order valence-electron chi connectivity index (χ3n) is 6.99. The number of rotatable bonds is 14. The van der Waals surface area contributed by atoms with Crippen molar-refractivity contribution in [1.29, 1.82) is 0 Å². The highest BCUT2D eigenvalue weighted by Gasteiger charge is 2.23. The van der Waals surface area contributed by atoms with Crippen LogP contribution in [0.5, 0.6) is 5.75 Å². The van der Waals surface area contributed by atoms with Crippen LogP contribution in [0.2, 0.25) is 0 Å². The van der Waals surface area contributed by atoms with E-state index in [0.29, 0.717) is 44.2 Å². The van der Waals surface area contributed by atoms with Gasteiger partial charge in [-0.1, -0.05) is 42.5 Å². The molecule has 40 heavy (non-hydrogen) atoms. The quantitative estimate of drug-likeness (QED) is 0.255. The zero-order chi connectivity index (χ0) is 28.5. The lowest BCUT2D eigenvalue weighted by atomic mass is 9.93. The van der Waals surface area contributed by atoms with E-state index < -0.39 is 17.9 Å². The number of hydrogen-bond donors (Lipinski definition) is 2. The van der Waals surface area contributed by atoms with Gasteiger partial charge >= 0.3 is 5.97 Å². The molecule has 0 saturated heterocycles. The number of amides is 1. The van der Waals surface area contributed by atoms with E-state index in [9.17, 15) is 14.7 Å². The fourth-order valence-corrected chi connectivity index (χ4v) is 5.22. The normalized spacial score (nSPS) is 13.8. The zero-order valence-corrected chi connectivity index (χ0v) is 24.1. The van der Waals surface area contributed by atoms with E-state index in [1.54, 1.807) is 17.8 Å². The van der Waals surface area contributed by atoms with Crippen LogP contribution >= 0.6 is 11.8 Å². The molecule has 212 valence electrons. The lowest BCUT2D eigenvalue weighted by Crippen LogP contribution is -2.41. The van der Waals surface area contributed by atoms with E-state index in [4.69, 9.17) is 14.2 Å². The van der Waals surface area contributed by atoms with Crippen molar-refractivity contribution in [3.05, 3.63) is 88.5 Å².